The number of hydrogen-bond acceptors (Lipinski definition) is 6. The van der Waals surface area contributed by atoms with Crippen LogP contribution in [0.25, 0.3) is 0 Å². The van der Waals surface area contributed by atoms with Crippen molar-refractivity contribution in [3.63, 3.8) is 0 Å². The normalized spacial score (nSPS) is 10.5. The van der Waals surface area contributed by atoms with Gasteiger partial charge in [0.05, 0.1) is 13.2 Å². The maximum atomic E-state index is 9.23. The number of benzene rings is 2. The Bertz CT molecular complexity index is 610. The van der Waals surface area contributed by atoms with Crippen LogP contribution in [0.15, 0.2) is 42.5 Å². The highest BCUT2D eigenvalue weighted by Crippen LogP contribution is 2.24. The largest absolute Gasteiger partial charge is 0.399 e. The van der Waals surface area contributed by atoms with Crippen LogP contribution >= 0.6 is 0 Å². The third-order valence-electron chi connectivity index (χ3n) is 3.58. The first kappa shape index (κ1) is 16.9. The second-order valence-electron chi connectivity index (χ2n) is 5.30. The van der Waals surface area contributed by atoms with Gasteiger partial charge in [-0.3, -0.25) is 0 Å². The number of rotatable bonds is 8. The van der Waals surface area contributed by atoms with Crippen LogP contribution in [0.5, 0.6) is 0 Å². The molecule has 2 aromatic carbocycles. The van der Waals surface area contributed by atoms with E-state index in [-0.39, 0.29) is 13.2 Å². The van der Waals surface area contributed by atoms with Gasteiger partial charge in [-0.05, 0) is 48.0 Å². The number of nitrogens with two attached hydrogens (primary N) is 2. The van der Waals surface area contributed by atoms with Crippen LogP contribution in [-0.2, 0) is 6.54 Å². The molecule has 0 unspecified atom stereocenters. The Morgan fingerprint density at radius 2 is 1.48 bits per heavy atom. The molecule has 0 heterocycles. The van der Waals surface area contributed by atoms with E-state index >= 15 is 0 Å². The van der Waals surface area contributed by atoms with Gasteiger partial charge in [-0.25, -0.2) is 0 Å². The number of anilines is 4. The molecule has 0 aliphatic heterocycles. The van der Waals surface area contributed by atoms with Gasteiger partial charge in [0.2, 0.25) is 0 Å². The van der Waals surface area contributed by atoms with E-state index in [0.717, 1.165) is 22.6 Å². The highest BCUT2D eigenvalue weighted by molar-refractivity contribution is 5.61. The molecule has 23 heavy (non-hydrogen) atoms. The van der Waals surface area contributed by atoms with Crippen molar-refractivity contribution < 1.29 is 10.2 Å². The fourth-order valence-electron chi connectivity index (χ4n) is 2.45. The second-order valence-corrected chi connectivity index (χ2v) is 5.30. The summed E-state index contributed by atoms with van der Waals surface area (Å²) in [4.78, 5) is 1.94. The van der Waals surface area contributed by atoms with Gasteiger partial charge in [0.15, 0.2) is 0 Å². The van der Waals surface area contributed by atoms with Crippen molar-refractivity contribution in [1.29, 1.82) is 0 Å². The SMILES string of the molecule is Nc1ccc(NCc2cc(N)ccc2N(CCO)CCO)cc1. The molecule has 6 heteroatoms. The summed E-state index contributed by atoms with van der Waals surface area (Å²) in [5.74, 6) is 0. The van der Waals surface area contributed by atoms with Gasteiger partial charge in [0, 0.05) is 42.4 Å². The molecule has 0 saturated carbocycles. The van der Waals surface area contributed by atoms with Crippen LogP contribution in [0, 0.1) is 0 Å². The Kier molecular flexibility index (Phi) is 6.08. The first-order valence-corrected chi connectivity index (χ1v) is 7.58. The lowest BCUT2D eigenvalue weighted by Crippen LogP contribution is -2.30. The maximum absolute atomic E-state index is 9.23. The summed E-state index contributed by atoms with van der Waals surface area (Å²) >= 11 is 0. The summed E-state index contributed by atoms with van der Waals surface area (Å²) in [6.45, 7) is 1.54. The average molecular weight is 316 g/mol. The molecule has 6 nitrogen and oxygen atoms in total. The molecule has 0 bridgehead atoms. The second kappa shape index (κ2) is 8.26. The first-order valence-electron chi connectivity index (χ1n) is 7.58. The van der Waals surface area contributed by atoms with Gasteiger partial charge in [0.25, 0.3) is 0 Å². The lowest BCUT2D eigenvalue weighted by atomic mass is 10.1. The third kappa shape index (κ3) is 4.77. The van der Waals surface area contributed by atoms with Crippen LogP contribution in [0.2, 0.25) is 0 Å². The predicted molar refractivity (Wildman–Crippen MR) is 95.4 cm³/mol. The lowest BCUT2D eigenvalue weighted by molar-refractivity contribution is 0.281. The van der Waals surface area contributed by atoms with Crippen molar-refractivity contribution in [2.45, 2.75) is 6.54 Å². The van der Waals surface area contributed by atoms with Gasteiger partial charge in [-0.2, -0.15) is 0 Å². The van der Waals surface area contributed by atoms with Gasteiger partial charge in [-0.1, -0.05) is 0 Å². The molecule has 0 aromatic heterocycles. The van der Waals surface area contributed by atoms with E-state index in [1.807, 2.05) is 47.4 Å². The molecule has 0 saturated heterocycles. The summed E-state index contributed by atoms with van der Waals surface area (Å²) in [5, 5.41) is 21.8. The Balaban J connectivity index is 2.18. The maximum Gasteiger partial charge on any atom is 0.0606 e. The zero-order chi connectivity index (χ0) is 16.7. The minimum atomic E-state index is 0.0230. The molecule has 0 aliphatic carbocycles. The van der Waals surface area contributed by atoms with E-state index in [4.69, 9.17) is 11.5 Å². The number of aliphatic hydroxyl groups excluding tert-OH is 2. The van der Waals surface area contributed by atoms with Crippen molar-refractivity contribution in [1.82, 2.24) is 0 Å². The fourth-order valence-corrected chi connectivity index (χ4v) is 2.45. The predicted octanol–water partition coefficient (Wildman–Crippen LogP) is 1.25. The van der Waals surface area contributed by atoms with E-state index in [9.17, 15) is 10.2 Å². The standard InChI is InChI=1S/C17H24N4O2/c18-14-1-4-16(5-2-14)20-12-13-11-15(19)3-6-17(13)21(7-9-22)8-10-23/h1-6,11,20,22-23H,7-10,12,18-19H2. The molecule has 0 radical (unpaired) electrons. The molecule has 0 spiro atoms. The molecule has 2 rings (SSSR count). The van der Waals surface area contributed by atoms with E-state index in [1.165, 1.54) is 0 Å². The number of hydrogen-bond donors (Lipinski definition) is 5. The monoisotopic (exact) mass is 316 g/mol. The van der Waals surface area contributed by atoms with E-state index in [2.05, 4.69) is 5.32 Å². The highest BCUT2D eigenvalue weighted by Gasteiger charge is 2.11. The lowest BCUT2D eigenvalue weighted by Gasteiger charge is -2.26. The van der Waals surface area contributed by atoms with Crippen LogP contribution in [0.1, 0.15) is 5.56 Å². The van der Waals surface area contributed by atoms with Crippen molar-refractivity contribution >= 4 is 22.7 Å². The minimum absolute atomic E-state index is 0.0230. The van der Waals surface area contributed by atoms with Gasteiger partial charge in [0.1, 0.15) is 0 Å². The molecular weight excluding hydrogens is 292 g/mol. The molecule has 2 aromatic rings. The molecule has 0 fully saturated rings. The number of aliphatic hydroxyl groups is 2. The van der Waals surface area contributed by atoms with Gasteiger partial charge < -0.3 is 31.9 Å². The molecular formula is C17H24N4O2. The molecule has 0 amide bonds. The quantitative estimate of drug-likeness (QED) is 0.469. The fraction of sp³-hybridized carbons (Fsp3) is 0.294. The van der Waals surface area contributed by atoms with E-state index in [1.54, 1.807) is 0 Å². The van der Waals surface area contributed by atoms with Crippen molar-refractivity contribution in [3.8, 4) is 0 Å². The Morgan fingerprint density at radius 1 is 0.870 bits per heavy atom. The van der Waals surface area contributed by atoms with Gasteiger partial charge in [-0.15, -0.1) is 0 Å². The van der Waals surface area contributed by atoms with E-state index < -0.39 is 0 Å². The minimum Gasteiger partial charge on any atom is -0.399 e. The van der Waals surface area contributed by atoms with Crippen molar-refractivity contribution in [2.24, 2.45) is 0 Å². The Morgan fingerprint density at radius 3 is 2.09 bits per heavy atom. The van der Waals surface area contributed by atoms with Crippen molar-refractivity contribution in [3.05, 3.63) is 48.0 Å². The Labute approximate surface area is 136 Å². The van der Waals surface area contributed by atoms with Gasteiger partial charge >= 0.3 is 0 Å². The number of nitrogens with zero attached hydrogens (tertiary/aromatic N) is 1. The molecule has 124 valence electrons. The van der Waals surface area contributed by atoms with Crippen LogP contribution in [0.4, 0.5) is 22.7 Å². The zero-order valence-electron chi connectivity index (χ0n) is 13.1. The zero-order valence-corrected chi connectivity index (χ0v) is 13.1. The molecule has 0 aliphatic rings. The molecule has 0 atom stereocenters. The number of nitrogens with one attached hydrogen (secondary N) is 1. The Hall–Kier alpha value is -2.44. The third-order valence-corrected chi connectivity index (χ3v) is 3.58. The topological polar surface area (TPSA) is 108 Å². The summed E-state index contributed by atoms with van der Waals surface area (Å²) in [6.07, 6.45) is 0. The summed E-state index contributed by atoms with van der Waals surface area (Å²) in [5.41, 5.74) is 15.9. The average Bonchev–Trinajstić information content (AvgIpc) is 2.54. The first-order chi connectivity index (χ1) is 11.1. The smallest absolute Gasteiger partial charge is 0.0606 e. The van der Waals surface area contributed by atoms with Crippen molar-refractivity contribution in [2.75, 3.05) is 48.0 Å². The highest BCUT2D eigenvalue weighted by atomic mass is 16.3. The summed E-state index contributed by atoms with van der Waals surface area (Å²) < 4.78 is 0. The number of nitrogen functional groups attached to an aromatic ring is 2. The summed E-state index contributed by atoms with van der Waals surface area (Å²) in [6, 6.07) is 13.2. The van der Waals surface area contributed by atoms with Crippen LogP contribution < -0.4 is 21.7 Å². The van der Waals surface area contributed by atoms with E-state index in [0.29, 0.717) is 25.3 Å². The molecule has 7 N–H and O–H groups in total. The summed E-state index contributed by atoms with van der Waals surface area (Å²) in [7, 11) is 0. The van der Waals surface area contributed by atoms with Crippen LogP contribution in [0.3, 0.4) is 0 Å². The van der Waals surface area contributed by atoms with Crippen LogP contribution in [-0.4, -0.2) is 36.5 Å².